The number of halogens is 4. The number of rotatable bonds is 4. The van der Waals surface area contributed by atoms with Crippen LogP contribution in [0.4, 0.5) is 23.4 Å². The fraction of sp³-hybridized carbons (Fsp3) is 0.286. The van der Waals surface area contributed by atoms with Crippen molar-refractivity contribution in [3.63, 3.8) is 0 Å². The zero-order valence-corrected chi connectivity index (χ0v) is 11.6. The molecule has 22 heavy (non-hydrogen) atoms. The Morgan fingerprint density at radius 3 is 2.23 bits per heavy atom. The maximum atomic E-state index is 14.1. The first kappa shape index (κ1) is 15.8. The monoisotopic (exact) mass is 312 g/mol. The van der Waals surface area contributed by atoms with Crippen LogP contribution >= 0.6 is 0 Å². The number of aromatic nitrogens is 2. The van der Waals surface area contributed by atoms with Gasteiger partial charge in [0.2, 0.25) is 0 Å². The van der Waals surface area contributed by atoms with E-state index in [4.69, 9.17) is 11.0 Å². The van der Waals surface area contributed by atoms with Crippen molar-refractivity contribution in [2.75, 3.05) is 5.73 Å². The molecule has 0 saturated carbocycles. The third-order valence-electron chi connectivity index (χ3n) is 3.25. The molecule has 2 rings (SSSR count). The summed E-state index contributed by atoms with van der Waals surface area (Å²) in [6.07, 6.45) is 1.82. The molecule has 0 aliphatic heterocycles. The van der Waals surface area contributed by atoms with Crippen LogP contribution in [0, 0.1) is 34.6 Å². The van der Waals surface area contributed by atoms with Crippen molar-refractivity contribution in [2.45, 2.75) is 26.2 Å². The molecule has 0 bridgehead atoms. The molecule has 0 unspecified atom stereocenters. The third-order valence-corrected chi connectivity index (χ3v) is 3.25. The number of nitrogens with two attached hydrogens (primary N) is 1. The summed E-state index contributed by atoms with van der Waals surface area (Å²) in [5.41, 5.74) is 3.62. The van der Waals surface area contributed by atoms with E-state index in [9.17, 15) is 17.6 Å². The second-order valence-electron chi connectivity index (χ2n) is 4.65. The van der Waals surface area contributed by atoms with Gasteiger partial charge in [-0.05, 0) is 12.8 Å². The smallest absolute Gasteiger partial charge is 0.188 e. The van der Waals surface area contributed by atoms with Crippen molar-refractivity contribution in [3.05, 3.63) is 40.6 Å². The Kier molecular flexibility index (Phi) is 4.35. The number of benzene rings is 1. The zero-order valence-electron chi connectivity index (χ0n) is 11.6. The molecule has 0 spiro atoms. The first-order valence-corrected chi connectivity index (χ1v) is 6.52. The third kappa shape index (κ3) is 2.39. The summed E-state index contributed by atoms with van der Waals surface area (Å²) in [5.74, 6) is -6.54. The molecule has 0 aliphatic rings. The van der Waals surface area contributed by atoms with Gasteiger partial charge in [-0.1, -0.05) is 13.3 Å². The number of nitrogen functional groups attached to an aromatic ring is 1. The fourth-order valence-electron chi connectivity index (χ4n) is 2.05. The quantitative estimate of drug-likeness (QED) is 0.696. The summed E-state index contributed by atoms with van der Waals surface area (Å²) < 4.78 is 56.7. The summed E-state index contributed by atoms with van der Waals surface area (Å²) in [7, 11) is 0. The number of anilines is 1. The molecule has 0 radical (unpaired) electrons. The lowest BCUT2D eigenvalue weighted by Crippen LogP contribution is -2.13. The van der Waals surface area contributed by atoms with Crippen LogP contribution in [0.15, 0.2) is 6.20 Å². The summed E-state index contributed by atoms with van der Waals surface area (Å²) in [5, 5.41) is 12.3. The van der Waals surface area contributed by atoms with Crippen molar-refractivity contribution >= 4 is 5.82 Å². The molecule has 0 aliphatic carbocycles. The zero-order chi connectivity index (χ0) is 16.4. The molecule has 8 heteroatoms. The number of nitrogens with zero attached hydrogens (tertiary/aromatic N) is 3. The largest absolute Gasteiger partial charge is 0.382 e. The highest BCUT2D eigenvalue weighted by Crippen LogP contribution is 2.29. The van der Waals surface area contributed by atoms with Crippen LogP contribution in [0.2, 0.25) is 0 Å². The van der Waals surface area contributed by atoms with E-state index in [1.165, 1.54) is 0 Å². The van der Waals surface area contributed by atoms with Gasteiger partial charge in [0.25, 0.3) is 0 Å². The maximum Gasteiger partial charge on any atom is 0.188 e. The molecule has 0 atom stereocenters. The van der Waals surface area contributed by atoms with Crippen molar-refractivity contribution in [2.24, 2.45) is 0 Å². The van der Waals surface area contributed by atoms with Gasteiger partial charge in [-0.15, -0.1) is 0 Å². The standard InChI is InChI=1S/C14H12F4N4/c1-2-3-4-8-9(15)11(17)13(12(18)10(8)16)22-14(20)7(5-19)6-21-22/h6H,2-4,20H2,1H3. The van der Waals surface area contributed by atoms with E-state index in [2.05, 4.69) is 5.10 Å². The molecule has 0 saturated heterocycles. The van der Waals surface area contributed by atoms with Gasteiger partial charge >= 0.3 is 0 Å². The molecule has 1 aromatic carbocycles. The van der Waals surface area contributed by atoms with Gasteiger partial charge in [0.1, 0.15) is 23.1 Å². The minimum Gasteiger partial charge on any atom is -0.382 e. The SMILES string of the molecule is CCCCc1c(F)c(F)c(-n2ncc(C#N)c2N)c(F)c1F. The van der Waals surface area contributed by atoms with E-state index in [0.29, 0.717) is 17.5 Å². The summed E-state index contributed by atoms with van der Waals surface area (Å²) in [6, 6.07) is 1.65. The Morgan fingerprint density at radius 1 is 1.18 bits per heavy atom. The van der Waals surface area contributed by atoms with Gasteiger partial charge in [0.15, 0.2) is 23.3 Å². The average molecular weight is 312 g/mol. The number of hydrogen-bond acceptors (Lipinski definition) is 3. The van der Waals surface area contributed by atoms with Crippen LogP contribution in [-0.2, 0) is 6.42 Å². The lowest BCUT2D eigenvalue weighted by Gasteiger charge is -2.12. The number of nitriles is 1. The van der Waals surface area contributed by atoms with E-state index >= 15 is 0 Å². The minimum absolute atomic E-state index is 0.125. The van der Waals surface area contributed by atoms with Crippen LogP contribution in [0.3, 0.4) is 0 Å². The molecule has 0 amide bonds. The van der Waals surface area contributed by atoms with Crippen molar-refractivity contribution in [3.8, 4) is 11.8 Å². The van der Waals surface area contributed by atoms with E-state index in [1.807, 2.05) is 0 Å². The summed E-state index contributed by atoms with van der Waals surface area (Å²) in [6.45, 7) is 1.78. The van der Waals surface area contributed by atoms with Crippen LogP contribution in [-0.4, -0.2) is 9.78 Å². The molecule has 1 aromatic heterocycles. The lowest BCUT2D eigenvalue weighted by molar-refractivity contribution is 0.429. The molecule has 4 nitrogen and oxygen atoms in total. The summed E-state index contributed by atoms with van der Waals surface area (Å²) >= 11 is 0. The van der Waals surface area contributed by atoms with Crippen LogP contribution in [0.25, 0.3) is 5.69 Å². The topological polar surface area (TPSA) is 67.6 Å². The van der Waals surface area contributed by atoms with Crippen LogP contribution < -0.4 is 5.73 Å². The van der Waals surface area contributed by atoms with Gasteiger partial charge in [-0.25, -0.2) is 22.2 Å². The highest BCUT2D eigenvalue weighted by atomic mass is 19.2. The second-order valence-corrected chi connectivity index (χ2v) is 4.65. The molecule has 1 heterocycles. The fourth-order valence-corrected chi connectivity index (χ4v) is 2.05. The van der Waals surface area contributed by atoms with Crippen molar-refractivity contribution in [1.29, 1.82) is 5.26 Å². The van der Waals surface area contributed by atoms with E-state index < -0.39 is 40.3 Å². The Morgan fingerprint density at radius 2 is 1.77 bits per heavy atom. The molecular formula is C14H12F4N4. The highest BCUT2D eigenvalue weighted by molar-refractivity contribution is 5.54. The van der Waals surface area contributed by atoms with Crippen molar-refractivity contribution in [1.82, 2.24) is 9.78 Å². The van der Waals surface area contributed by atoms with Gasteiger partial charge < -0.3 is 5.73 Å². The highest BCUT2D eigenvalue weighted by Gasteiger charge is 2.28. The molecular weight excluding hydrogens is 300 g/mol. The molecule has 2 aromatic rings. The van der Waals surface area contributed by atoms with Crippen LogP contribution in [0.5, 0.6) is 0 Å². The number of unbranched alkanes of at least 4 members (excludes halogenated alkanes) is 1. The Bertz CT molecular complexity index is 732. The van der Waals surface area contributed by atoms with Gasteiger partial charge in [-0.2, -0.15) is 10.4 Å². The molecule has 2 N–H and O–H groups in total. The van der Waals surface area contributed by atoms with Gasteiger partial charge in [-0.3, -0.25) is 0 Å². The average Bonchev–Trinajstić information content (AvgIpc) is 2.87. The normalized spacial score (nSPS) is 10.7. The van der Waals surface area contributed by atoms with Crippen LogP contribution in [0.1, 0.15) is 30.9 Å². The van der Waals surface area contributed by atoms with E-state index in [1.54, 1.807) is 13.0 Å². The first-order chi connectivity index (χ1) is 10.4. The predicted octanol–water partition coefficient (Wildman–Crippen LogP) is 3.23. The summed E-state index contributed by atoms with van der Waals surface area (Å²) in [4.78, 5) is 0. The lowest BCUT2D eigenvalue weighted by atomic mass is 10.1. The first-order valence-electron chi connectivity index (χ1n) is 6.52. The Labute approximate surface area is 123 Å². The van der Waals surface area contributed by atoms with Crippen molar-refractivity contribution < 1.29 is 17.6 Å². The predicted molar refractivity (Wildman–Crippen MR) is 71.1 cm³/mol. The molecule has 0 fully saturated rings. The van der Waals surface area contributed by atoms with Gasteiger partial charge in [0, 0.05) is 5.56 Å². The maximum absolute atomic E-state index is 14.1. The Hall–Kier alpha value is -2.56. The van der Waals surface area contributed by atoms with E-state index in [0.717, 1.165) is 6.20 Å². The number of hydrogen-bond donors (Lipinski definition) is 1. The minimum atomic E-state index is -1.59. The van der Waals surface area contributed by atoms with E-state index in [-0.39, 0.29) is 12.0 Å². The Balaban J connectivity index is 2.68. The molecule has 116 valence electrons. The van der Waals surface area contributed by atoms with Gasteiger partial charge in [0.05, 0.1) is 6.20 Å². The second kappa shape index (κ2) is 6.05.